The van der Waals surface area contributed by atoms with Gasteiger partial charge in [-0.1, -0.05) is 29.9 Å². The Bertz CT molecular complexity index is 474. The molecule has 3 aliphatic rings. The van der Waals surface area contributed by atoms with Crippen LogP contribution in [-0.4, -0.2) is 30.8 Å². The monoisotopic (exact) mass is 257 g/mol. The Morgan fingerprint density at radius 1 is 1.32 bits per heavy atom. The molecule has 1 spiro atoms. The van der Waals surface area contributed by atoms with Gasteiger partial charge in [0.1, 0.15) is 0 Å². The molecule has 0 fully saturated rings. The highest BCUT2D eigenvalue weighted by Crippen LogP contribution is 2.53. The van der Waals surface area contributed by atoms with Crippen molar-refractivity contribution in [2.45, 2.75) is 26.2 Å². The van der Waals surface area contributed by atoms with Crippen LogP contribution in [0.1, 0.15) is 26.2 Å². The van der Waals surface area contributed by atoms with Crippen molar-refractivity contribution >= 4 is 5.78 Å². The molecular formula is C17H23NO. The summed E-state index contributed by atoms with van der Waals surface area (Å²) < 4.78 is 0. The summed E-state index contributed by atoms with van der Waals surface area (Å²) in [5.41, 5.74) is 1.08. The Kier molecular flexibility index (Phi) is 3.22. The van der Waals surface area contributed by atoms with E-state index < -0.39 is 0 Å². The van der Waals surface area contributed by atoms with Crippen molar-refractivity contribution in [3.63, 3.8) is 0 Å². The maximum absolute atomic E-state index is 12.7. The fraction of sp³-hybridized carbons (Fsp3) is 0.588. The minimum Gasteiger partial charge on any atom is -0.303 e. The molecule has 3 atom stereocenters. The molecule has 0 saturated carbocycles. The van der Waals surface area contributed by atoms with E-state index in [9.17, 15) is 4.79 Å². The molecular weight excluding hydrogens is 234 g/mol. The van der Waals surface area contributed by atoms with Crippen LogP contribution in [0.4, 0.5) is 0 Å². The first-order valence-corrected chi connectivity index (χ1v) is 7.38. The summed E-state index contributed by atoms with van der Waals surface area (Å²) in [4.78, 5) is 15.1. The zero-order valence-electron chi connectivity index (χ0n) is 11.9. The van der Waals surface area contributed by atoms with Gasteiger partial charge in [-0.3, -0.25) is 4.79 Å². The summed E-state index contributed by atoms with van der Waals surface area (Å²) in [6.07, 6.45) is 14.2. The van der Waals surface area contributed by atoms with Crippen molar-refractivity contribution in [1.29, 1.82) is 0 Å². The molecule has 0 aromatic carbocycles. The Morgan fingerprint density at radius 2 is 2.16 bits per heavy atom. The molecule has 0 radical (unpaired) electrons. The Hall–Kier alpha value is -1.15. The van der Waals surface area contributed by atoms with Gasteiger partial charge in [0.25, 0.3) is 0 Å². The standard InChI is InChI=1S/C17H23NO/c1-13-11-15-7-6-14-5-3-9-18(2)10-4-8-17(14,15)16(19)12-13/h3,5-7,12,14-15H,4,8-11H2,1-2H3/b5-3+. The van der Waals surface area contributed by atoms with Gasteiger partial charge < -0.3 is 4.90 Å². The van der Waals surface area contributed by atoms with Gasteiger partial charge in [0, 0.05) is 17.9 Å². The summed E-state index contributed by atoms with van der Waals surface area (Å²) in [6, 6.07) is 0. The van der Waals surface area contributed by atoms with Crippen LogP contribution in [0.5, 0.6) is 0 Å². The van der Waals surface area contributed by atoms with Gasteiger partial charge in [-0.15, -0.1) is 0 Å². The molecule has 2 nitrogen and oxygen atoms in total. The van der Waals surface area contributed by atoms with Crippen molar-refractivity contribution in [1.82, 2.24) is 4.90 Å². The van der Waals surface area contributed by atoms with Gasteiger partial charge in [0.05, 0.1) is 0 Å². The van der Waals surface area contributed by atoms with Crippen molar-refractivity contribution in [3.05, 3.63) is 36.0 Å². The molecule has 19 heavy (non-hydrogen) atoms. The topological polar surface area (TPSA) is 20.3 Å². The number of allylic oxidation sites excluding steroid dienone is 5. The number of likely N-dealkylation sites (N-methyl/N-ethyl adjacent to an activating group) is 1. The molecule has 0 amide bonds. The third-order valence-corrected chi connectivity index (χ3v) is 5.08. The third kappa shape index (κ3) is 2.02. The molecule has 102 valence electrons. The third-order valence-electron chi connectivity index (χ3n) is 5.08. The summed E-state index contributed by atoms with van der Waals surface area (Å²) >= 11 is 0. The van der Waals surface area contributed by atoms with Gasteiger partial charge in [0.2, 0.25) is 0 Å². The Morgan fingerprint density at radius 3 is 3.00 bits per heavy atom. The average molecular weight is 257 g/mol. The molecule has 3 unspecified atom stereocenters. The fourth-order valence-corrected chi connectivity index (χ4v) is 4.04. The minimum absolute atomic E-state index is 0.165. The second-order valence-electron chi connectivity index (χ2n) is 6.41. The SMILES string of the molecule is CC1=CC(=O)C23CCCN(C)C/C=C/C2C=CC3C1. The first-order chi connectivity index (χ1) is 9.13. The smallest absolute Gasteiger partial charge is 0.163 e. The molecule has 2 heteroatoms. The second-order valence-corrected chi connectivity index (χ2v) is 6.41. The maximum Gasteiger partial charge on any atom is 0.163 e. The minimum atomic E-state index is -0.165. The molecule has 0 aromatic rings. The average Bonchev–Trinajstić information content (AvgIpc) is 2.71. The van der Waals surface area contributed by atoms with Crippen LogP contribution in [0.3, 0.4) is 0 Å². The largest absolute Gasteiger partial charge is 0.303 e. The predicted octanol–water partition coefficient (Wildman–Crippen LogP) is 2.98. The summed E-state index contributed by atoms with van der Waals surface area (Å²) in [7, 11) is 2.16. The lowest BCUT2D eigenvalue weighted by atomic mass is 9.61. The first-order valence-electron chi connectivity index (χ1n) is 7.38. The predicted molar refractivity (Wildman–Crippen MR) is 77.8 cm³/mol. The first kappa shape index (κ1) is 12.9. The second kappa shape index (κ2) is 4.75. The highest BCUT2D eigenvalue weighted by molar-refractivity contribution is 5.98. The zero-order valence-corrected chi connectivity index (χ0v) is 11.9. The molecule has 3 rings (SSSR count). The summed E-state index contributed by atoms with van der Waals surface area (Å²) in [6.45, 7) is 4.17. The van der Waals surface area contributed by atoms with Crippen LogP contribution in [0.2, 0.25) is 0 Å². The van der Waals surface area contributed by atoms with Gasteiger partial charge in [-0.05, 0) is 51.8 Å². The maximum atomic E-state index is 12.7. The van der Waals surface area contributed by atoms with Gasteiger partial charge >= 0.3 is 0 Å². The lowest BCUT2D eigenvalue weighted by Crippen LogP contribution is -2.42. The van der Waals surface area contributed by atoms with Crippen molar-refractivity contribution in [2.75, 3.05) is 20.1 Å². The molecule has 0 bridgehead atoms. The zero-order chi connectivity index (χ0) is 13.5. The highest BCUT2D eigenvalue weighted by atomic mass is 16.1. The molecule has 0 saturated heterocycles. The molecule has 0 aromatic heterocycles. The van der Waals surface area contributed by atoms with Crippen molar-refractivity contribution in [2.24, 2.45) is 17.3 Å². The molecule has 1 aliphatic heterocycles. The van der Waals surface area contributed by atoms with Gasteiger partial charge in [-0.25, -0.2) is 0 Å². The quantitative estimate of drug-likeness (QED) is 0.622. The van der Waals surface area contributed by atoms with Crippen LogP contribution in [0, 0.1) is 17.3 Å². The number of rotatable bonds is 0. The van der Waals surface area contributed by atoms with E-state index in [-0.39, 0.29) is 5.41 Å². The van der Waals surface area contributed by atoms with Crippen LogP contribution in [-0.2, 0) is 4.79 Å². The highest BCUT2D eigenvalue weighted by Gasteiger charge is 2.51. The van der Waals surface area contributed by atoms with E-state index in [4.69, 9.17) is 0 Å². The van der Waals surface area contributed by atoms with E-state index in [1.165, 1.54) is 5.57 Å². The normalized spacial score (nSPS) is 40.7. The van der Waals surface area contributed by atoms with Crippen molar-refractivity contribution in [3.8, 4) is 0 Å². The van der Waals surface area contributed by atoms with E-state index in [0.717, 1.165) is 32.4 Å². The Labute approximate surface area is 115 Å². The number of carbonyl (C=O) groups is 1. The molecule has 1 heterocycles. The lowest BCUT2D eigenvalue weighted by Gasteiger charge is -2.40. The molecule has 0 N–H and O–H groups in total. The van der Waals surface area contributed by atoms with E-state index in [1.807, 2.05) is 6.08 Å². The number of nitrogens with zero attached hydrogens (tertiary/aromatic N) is 1. The van der Waals surface area contributed by atoms with Crippen LogP contribution < -0.4 is 0 Å². The van der Waals surface area contributed by atoms with E-state index >= 15 is 0 Å². The Balaban J connectivity index is 1.98. The van der Waals surface area contributed by atoms with Gasteiger partial charge in [0.15, 0.2) is 5.78 Å². The van der Waals surface area contributed by atoms with E-state index in [2.05, 4.69) is 43.2 Å². The van der Waals surface area contributed by atoms with Crippen LogP contribution in [0.25, 0.3) is 0 Å². The number of ketones is 1. The van der Waals surface area contributed by atoms with Crippen LogP contribution in [0.15, 0.2) is 36.0 Å². The van der Waals surface area contributed by atoms with E-state index in [0.29, 0.717) is 17.6 Å². The van der Waals surface area contributed by atoms with E-state index in [1.54, 1.807) is 0 Å². The lowest BCUT2D eigenvalue weighted by molar-refractivity contribution is -0.128. The fourth-order valence-electron chi connectivity index (χ4n) is 4.04. The molecule has 2 aliphatic carbocycles. The summed E-state index contributed by atoms with van der Waals surface area (Å²) in [5.74, 6) is 1.09. The van der Waals surface area contributed by atoms with Crippen molar-refractivity contribution < 1.29 is 4.79 Å². The number of carbonyl (C=O) groups excluding carboxylic acids is 1. The van der Waals surface area contributed by atoms with Gasteiger partial charge in [-0.2, -0.15) is 0 Å². The number of hydrogen-bond acceptors (Lipinski definition) is 2. The number of hydrogen-bond donors (Lipinski definition) is 0. The van der Waals surface area contributed by atoms with Crippen LogP contribution >= 0.6 is 0 Å². The summed E-state index contributed by atoms with van der Waals surface area (Å²) in [5, 5.41) is 0.